The van der Waals surface area contributed by atoms with E-state index < -0.39 is 12.0 Å². The molecule has 0 fully saturated rings. The Morgan fingerprint density at radius 3 is 2.69 bits per heavy atom. The highest BCUT2D eigenvalue weighted by Gasteiger charge is 2.18. The molecule has 0 saturated heterocycles. The number of hydrogen-bond acceptors (Lipinski definition) is 3. The summed E-state index contributed by atoms with van der Waals surface area (Å²) >= 11 is 0. The summed E-state index contributed by atoms with van der Waals surface area (Å²) in [6.07, 6.45) is -2.76. The number of nitrogens with zero attached hydrogens (tertiary/aromatic N) is 2. The normalized spacial score (nSPS) is 10.1. The first-order valence-corrected chi connectivity index (χ1v) is 3.51. The number of halogens is 2. The number of aromatic nitrogens is 1. The largest absolute Gasteiger partial charge is 0.398 e. The minimum atomic E-state index is -2.76. The Morgan fingerprint density at radius 1 is 1.62 bits per heavy atom. The van der Waals surface area contributed by atoms with E-state index in [9.17, 15) is 8.78 Å². The molecular weight excluding hydrogens is 176 g/mol. The standard InChI is InChI=1S/C8H7F2N3/c1-4-2-5(12)7(8(9)10)6(3-11)13-4/h2,8H,1H3,(H2,12,13). The van der Waals surface area contributed by atoms with Crippen LogP contribution in [0.2, 0.25) is 0 Å². The molecular formula is C8H7F2N3. The van der Waals surface area contributed by atoms with Gasteiger partial charge in [-0.15, -0.1) is 0 Å². The summed E-state index contributed by atoms with van der Waals surface area (Å²) in [4.78, 5) is 3.65. The third-order valence-corrected chi connectivity index (χ3v) is 1.54. The van der Waals surface area contributed by atoms with Gasteiger partial charge in [-0.05, 0) is 13.0 Å². The van der Waals surface area contributed by atoms with E-state index in [0.717, 1.165) is 0 Å². The van der Waals surface area contributed by atoms with Crippen LogP contribution in [0.5, 0.6) is 0 Å². The maximum Gasteiger partial charge on any atom is 0.268 e. The smallest absolute Gasteiger partial charge is 0.268 e. The molecule has 0 aliphatic carbocycles. The lowest BCUT2D eigenvalue weighted by Gasteiger charge is -2.06. The van der Waals surface area contributed by atoms with Gasteiger partial charge in [-0.2, -0.15) is 5.26 Å². The minimum absolute atomic E-state index is 0.0842. The van der Waals surface area contributed by atoms with Crippen LogP contribution in [0.4, 0.5) is 14.5 Å². The van der Waals surface area contributed by atoms with Gasteiger partial charge < -0.3 is 5.73 Å². The molecule has 0 spiro atoms. The highest BCUT2D eigenvalue weighted by Crippen LogP contribution is 2.27. The predicted octanol–water partition coefficient (Wildman–Crippen LogP) is 1.78. The Kier molecular flexibility index (Phi) is 2.42. The molecule has 5 heteroatoms. The molecule has 0 radical (unpaired) electrons. The Morgan fingerprint density at radius 2 is 2.23 bits per heavy atom. The van der Waals surface area contributed by atoms with Crippen LogP contribution < -0.4 is 5.73 Å². The lowest BCUT2D eigenvalue weighted by atomic mass is 10.1. The molecule has 0 unspecified atom stereocenters. The van der Waals surface area contributed by atoms with Crippen molar-refractivity contribution in [3.63, 3.8) is 0 Å². The molecule has 0 aliphatic rings. The Labute approximate surface area is 73.8 Å². The summed E-state index contributed by atoms with van der Waals surface area (Å²) in [5, 5.41) is 8.51. The number of rotatable bonds is 1. The van der Waals surface area contributed by atoms with E-state index in [4.69, 9.17) is 11.0 Å². The number of nitriles is 1. The summed E-state index contributed by atoms with van der Waals surface area (Å²) in [7, 11) is 0. The quantitative estimate of drug-likeness (QED) is 0.721. The predicted molar refractivity (Wildman–Crippen MR) is 43.1 cm³/mol. The Balaban J connectivity index is 3.41. The van der Waals surface area contributed by atoms with Crippen molar-refractivity contribution in [1.29, 1.82) is 5.26 Å². The van der Waals surface area contributed by atoms with Gasteiger partial charge in [0.15, 0.2) is 5.69 Å². The molecule has 1 aromatic rings. The molecule has 1 rings (SSSR count). The van der Waals surface area contributed by atoms with Crippen molar-refractivity contribution in [2.45, 2.75) is 13.3 Å². The molecule has 0 amide bonds. The Hall–Kier alpha value is -1.70. The van der Waals surface area contributed by atoms with Crippen LogP contribution in [0.3, 0.4) is 0 Å². The third-order valence-electron chi connectivity index (χ3n) is 1.54. The average molecular weight is 183 g/mol. The van der Waals surface area contributed by atoms with Gasteiger partial charge in [0.05, 0.1) is 5.56 Å². The zero-order chi connectivity index (χ0) is 10.0. The van der Waals surface area contributed by atoms with Crippen LogP contribution in [-0.2, 0) is 0 Å². The average Bonchev–Trinajstić information content (AvgIpc) is 2.01. The van der Waals surface area contributed by atoms with Gasteiger partial charge in [0, 0.05) is 11.4 Å². The topological polar surface area (TPSA) is 62.7 Å². The zero-order valence-electron chi connectivity index (χ0n) is 6.88. The lowest BCUT2D eigenvalue weighted by molar-refractivity contribution is 0.151. The lowest BCUT2D eigenvalue weighted by Crippen LogP contribution is -2.02. The van der Waals surface area contributed by atoms with Crippen molar-refractivity contribution in [3.8, 4) is 6.07 Å². The van der Waals surface area contributed by atoms with Gasteiger partial charge >= 0.3 is 0 Å². The van der Waals surface area contributed by atoms with E-state index in [2.05, 4.69) is 4.98 Å². The number of alkyl halides is 2. The van der Waals surface area contributed by atoms with E-state index in [0.29, 0.717) is 5.69 Å². The molecule has 0 saturated carbocycles. The molecule has 13 heavy (non-hydrogen) atoms. The summed E-state index contributed by atoms with van der Waals surface area (Å²) in [5.74, 6) is 0. The third kappa shape index (κ3) is 1.72. The number of pyridine rings is 1. The van der Waals surface area contributed by atoms with Gasteiger partial charge in [-0.1, -0.05) is 0 Å². The van der Waals surface area contributed by atoms with E-state index >= 15 is 0 Å². The van der Waals surface area contributed by atoms with Gasteiger partial charge in [0.25, 0.3) is 6.43 Å². The number of aryl methyl sites for hydroxylation is 1. The second kappa shape index (κ2) is 3.35. The van der Waals surface area contributed by atoms with Gasteiger partial charge in [-0.25, -0.2) is 13.8 Å². The molecule has 0 atom stereocenters. The van der Waals surface area contributed by atoms with Crippen molar-refractivity contribution in [3.05, 3.63) is 23.0 Å². The Bertz CT molecular complexity index is 368. The fraction of sp³-hybridized carbons (Fsp3) is 0.250. The second-order valence-corrected chi connectivity index (χ2v) is 2.53. The monoisotopic (exact) mass is 183 g/mol. The number of anilines is 1. The van der Waals surface area contributed by atoms with Crippen molar-refractivity contribution in [2.24, 2.45) is 0 Å². The highest BCUT2D eigenvalue weighted by molar-refractivity contribution is 5.53. The zero-order valence-corrected chi connectivity index (χ0v) is 6.88. The summed E-state index contributed by atoms with van der Waals surface area (Å²) in [6.45, 7) is 1.59. The molecule has 0 aliphatic heterocycles. The van der Waals surface area contributed by atoms with Crippen LogP contribution in [0.15, 0.2) is 6.07 Å². The van der Waals surface area contributed by atoms with Gasteiger partial charge in [0.1, 0.15) is 6.07 Å². The number of hydrogen-bond donors (Lipinski definition) is 1. The SMILES string of the molecule is Cc1cc(N)c(C(F)F)c(C#N)n1. The minimum Gasteiger partial charge on any atom is -0.398 e. The van der Waals surface area contributed by atoms with Crippen LogP contribution in [0.1, 0.15) is 23.4 Å². The molecule has 0 aromatic carbocycles. The van der Waals surface area contributed by atoms with Crippen molar-refractivity contribution >= 4 is 5.69 Å². The highest BCUT2D eigenvalue weighted by atomic mass is 19.3. The van der Waals surface area contributed by atoms with E-state index in [-0.39, 0.29) is 11.4 Å². The molecule has 1 aromatic heterocycles. The van der Waals surface area contributed by atoms with Crippen molar-refractivity contribution < 1.29 is 8.78 Å². The molecule has 2 N–H and O–H groups in total. The first kappa shape index (κ1) is 9.39. The molecule has 3 nitrogen and oxygen atoms in total. The van der Waals surface area contributed by atoms with Crippen molar-refractivity contribution in [1.82, 2.24) is 4.98 Å². The summed E-state index contributed by atoms with van der Waals surface area (Å²) in [6, 6.07) is 2.91. The van der Waals surface area contributed by atoms with Gasteiger partial charge in [0.2, 0.25) is 0 Å². The fourth-order valence-corrected chi connectivity index (χ4v) is 1.02. The first-order valence-electron chi connectivity index (χ1n) is 3.51. The molecule has 68 valence electrons. The van der Waals surface area contributed by atoms with E-state index in [1.54, 1.807) is 13.0 Å². The van der Waals surface area contributed by atoms with Crippen molar-refractivity contribution in [2.75, 3.05) is 5.73 Å². The van der Waals surface area contributed by atoms with Gasteiger partial charge in [-0.3, -0.25) is 0 Å². The number of nitrogens with two attached hydrogens (primary N) is 1. The second-order valence-electron chi connectivity index (χ2n) is 2.53. The maximum absolute atomic E-state index is 12.3. The summed E-state index contributed by atoms with van der Waals surface area (Å²) in [5.41, 5.74) is 4.92. The van der Waals surface area contributed by atoms with Crippen LogP contribution in [0, 0.1) is 18.3 Å². The van der Waals surface area contributed by atoms with Crippen LogP contribution >= 0.6 is 0 Å². The van der Waals surface area contributed by atoms with Crippen LogP contribution in [-0.4, -0.2) is 4.98 Å². The molecule has 1 heterocycles. The first-order chi connectivity index (χ1) is 6.06. The molecule has 0 bridgehead atoms. The van der Waals surface area contributed by atoms with Crippen LogP contribution in [0.25, 0.3) is 0 Å². The fourth-order valence-electron chi connectivity index (χ4n) is 1.02. The van der Waals surface area contributed by atoms with E-state index in [1.807, 2.05) is 0 Å². The number of nitrogen functional groups attached to an aromatic ring is 1. The maximum atomic E-state index is 12.3. The van der Waals surface area contributed by atoms with E-state index in [1.165, 1.54) is 6.07 Å². The summed E-state index contributed by atoms with van der Waals surface area (Å²) < 4.78 is 24.7.